The van der Waals surface area contributed by atoms with Crippen molar-refractivity contribution in [3.05, 3.63) is 59.9 Å². The van der Waals surface area contributed by atoms with Crippen molar-refractivity contribution in [1.82, 2.24) is 9.97 Å². The summed E-state index contributed by atoms with van der Waals surface area (Å²) in [6.45, 7) is 0. The molecule has 0 N–H and O–H groups in total. The van der Waals surface area contributed by atoms with Crippen LogP contribution in [0.25, 0.3) is 32.6 Å². The predicted molar refractivity (Wildman–Crippen MR) is 101 cm³/mol. The Morgan fingerprint density at radius 2 is 1.00 bits per heavy atom. The van der Waals surface area contributed by atoms with E-state index in [2.05, 4.69) is 35.2 Å². The lowest BCUT2D eigenvalue weighted by Crippen LogP contribution is -1.97. The first-order chi connectivity index (χ1) is 11.5. The average molecular weight is 350 g/mol. The van der Waals surface area contributed by atoms with E-state index in [1.165, 1.54) is 0 Å². The molecule has 0 aliphatic carbocycles. The topological polar surface area (TPSA) is 59.9 Å². The first kappa shape index (κ1) is 15.1. The van der Waals surface area contributed by atoms with Crippen LogP contribution in [0.15, 0.2) is 48.5 Å². The van der Waals surface area contributed by atoms with Gasteiger partial charge in [-0.15, -0.1) is 0 Å². The second-order valence-electron chi connectivity index (χ2n) is 5.38. The highest BCUT2D eigenvalue weighted by molar-refractivity contribution is 7.97. The summed E-state index contributed by atoms with van der Waals surface area (Å²) in [4.78, 5) is 32.0. The van der Waals surface area contributed by atoms with Gasteiger partial charge < -0.3 is 0 Å². The summed E-state index contributed by atoms with van der Waals surface area (Å²) in [5.41, 5.74) is 1.87. The van der Waals surface area contributed by atoms with Crippen molar-refractivity contribution in [2.45, 2.75) is 0 Å². The monoisotopic (exact) mass is 350 g/mol. The lowest BCUT2D eigenvalue weighted by atomic mass is 10.0. The van der Waals surface area contributed by atoms with E-state index in [4.69, 9.17) is 0 Å². The largest absolute Gasteiger partial charge is 0.280 e. The normalized spacial score (nSPS) is 11.2. The summed E-state index contributed by atoms with van der Waals surface area (Å²) in [7, 11) is 0. The van der Waals surface area contributed by atoms with Crippen LogP contribution in [0.3, 0.4) is 0 Å². The molecule has 0 unspecified atom stereocenters. The molecule has 6 heteroatoms. The molecule has 2 heterocycles. The van der Waals surface area contributed by atoms with Crippen molar-refractivity contribution in [2.24, 2.45) is 0 Å². The van der Waals surface area contributed by atoms with E-state index in [1.807, 2.05) is 36.4 Å². The van der Waals surface area contributed by atoms with Crippen molar-refractivity contribution < 1.29 is 9.59 Å². The third kappa shape index (κ3) is 2.35. The maximum atomic E-state index is 11.6. The van der Waals surface area contributed by atoms with Gasteiger partial charge >= 0.3 is 0 Å². The molecule has 0 spiro atoms. The second kappa shape index (κ2) is 5.58. The molecule has 0 saturated heterocycles. The minimum absolute atomic E-state index is 0.275. The van der Waals surface area contributed by atoms with E-state index < -0.39 is 10.2 Å². The molecule has 0 radical (unpaired) electrons. The van der Waals surface area contributed by atoms with Gasteiger partial charge in [-0.1, -0.05) is 61.7 Å². The van der Waals surface area contributed by atoms with Crippen molar-refractivity contribution in [1.29, 1.82) is 0 Å². The Morgan fingerprint density at radius 3 is 1.42 bits per heavy atom. The fourth-order valence-corrected chi connectivity index (χ4v) is 3.06. The Labute approximate surface area is 147 Å². The number of fused-ring (bicyclic) bond motifs is 5. The van der Waals surface area contributed by atoms with Crippen LogP contribution in [0.1, 0.15) is 21.0 Å². The number of rotatable bonds is 2. The number of benzene rings is 2. The van der Waals surface area contributed by atoms with Crippen molar-refractivity contribution in [3.8, 4) is 0 Å². The zero-order valence-electron chi connectivity index (χ0n) is 12.2. The fraction of sp³-hybridized carbons (Fsp3) is 0. The predicted octanol–water partition coefficient (Wildman–Crippen LogP) is 4.08. The van der Waals surface area contributed by atoms with Gasteiger partial charge in [0.2, 0.25) is 10.2 Å². The van der Waals surface area contributed by atoms with Crippen molar-refractivity contribution >= 4 is 68.1 Å². The Bertz CT molecular complexity index is 1080. The first-order valence-corrected chi connectivity index (χ1v) is 8.04. The van der Waals surface area contributed by atoms with E-state index in [0.29, 0.717) is 11.0 Å². The summed E-state index contributed by atoms with van der Waals surface area (Å²) in [6.07, 6.45) is 0. The molecule has 4 rings (SSSR count). The summed E-state index contributed by atoms with van der Waals surface area (Å²) in [5, 5.41) is 2.72. The van der Waals surface area contributed by atoms with Gasteiger partial charge in [0.25, 0.3) is 0 Å². The van der Waals surface area contributed by atoms with E-state index in [0.717, 1.165) is 21.5 Å². The fourth-order valence-electron chi connectivity index (χ4n) is 2.81. The van der Waals surface area contributed by atoms with E-state index in [-0.39, 0.29) is 11.4 Å². The highest BCUT2D eigenvalue weighted by atomic mass is 32.1. The molecule has 0 amide bonds. The van der Waals surface area contributed by atoms with Gasteiger partial charge in [0.15, 0.2) is 0 Å². The van der Waals surface area contributed by atoms with E-state index in [9.17, 15) is 9.59 Å². The van der Waals surface area contributed by atoms with Gasteiger partial charge in [0.1, 0.15) is 11.4 Å². The lowest BCUT2D eigenvalue weighted by Gasteiger charge is -2.08. The van der Waals surface area contributed by atoms with Crippen molar-refractivity contribution in [3.63, 3.8) is 0 Å². The smallest absolute Gasteiger partial charge is 0.234 e. The van der Waals surface area contributed by atoms with Crippen LogP contribution in [-0.4, -0.2) is 20.2 Å². The van der Waals surface area contributed by atoms with Crippen LogP contribution in [0.5, 0.6) is 0 Å². The minimum Gasteiger partial charge on any atom is -0.280 e. The molecule has 0 fully saturated rings. The molecular formula is C18H10N2O2S2. The highest BCUT2D eigenvalue weighted by Crippen LogP contribution is 2.30. The second-order valence-corrected chi connectivity index (χ2v) is 6.19. The Hall–Kier alpha value is -2.44. The van der Waals surface area contributed by atoms with Crippen LogP contribution < -0.4 is 0 Å². The average Bonchev–Trinajstić information content (AvgIpc) is 2.59. The maximum Gasteiger partial charge on any atom is 0.234 e. The SMILES string of the molecule is O=C(S)c1ccc2ccc3ccc4ccc(C(=O)S)nc4c3c2n1. The molecular weight excluding hydrogens is 340 g/mol. The molecule has 0 aliphatic heterocycles. The molecule has 0 bridgehead atoms. The Balaban J connectivity index is 2.23. The number of hydrogen-bond acceptors (Lipinski definition) is 4. The lowest BCUT2D eigenvalue weighted by molar-refractivity contribution is 0.108. The third-order valence-corrected chi connectivity index (χ3v) is 4.40. The molecule has 0 saturated carbocycles. The zero-order chi connectivity index (χ0) is 16.8. The van der Waals surface area contributed by atoms with Crippen LogP contribution in [-0.2, 0) is 0 Å². The van der Waals surface area contributed by atoms with E-state index >= 15 is 0 Å². The quantitative estimate of drug-likeness (QED) is 0.422. The standard InChI is InChI=1S/C18H10N2O2S2/c21-17(23)12-7-5-10-3-1-9-2-4-11-6-8-13(18(22)24)20-16(11)14(9)15(10)19-12/h1-8H,(H,21,23)(H,22,24). The van der Waals surface area contributed by atoms with Crippen LogP contribution in [0.4, 0.5) is 0 Å². The van der Waals surface area contributed by atoms with E-state index in [1.54, 1.807) is 12.1 Å². The molecule has 4 aromatic rings. The van der Waals surface area contributed by atoms with Crippen LogP contribution in [0.2, 0.25) is 0 Å². The number of pyridine rings is 2. The van der Waals surface area contributed by atoms with Gasteiger partial charge in [-0.2, -0.15) is 0 Å². The Morgan fingerprint density at radius 1 is 0.625 bits per heavy atom. The number of aromatic nitrogens is 2. The molecule has 4 nitrogen and oxygen atoms in total. The van der Waals surface area contributed by atoms with Crippen molar-refractivity contribution in [2.75, 3.05) is 0 Å². The van der Waals surface area contributed by atoms with Gasteiger partial charge in [-0.25, -0.2) is 9.97 Å². The molecule has 24 heavy (non-hydrogen) atoms. The molecule has 0 atom stereocenters. The summed E-state index contributed by atoms with van der Waals surface area (Å²) in [6, 6.07) is 14.8. The molecule has 116 valence electrons. The Kier molecular flexibility index (Phi) is 3.51. The maximum absolute atomic E-state index is 11.6. The third-order valence-electron chi connectivity index (χ3n) is 3.94. The molecule has 2 aromatic heterocycles. The van der Waals surface area contributed by atoms with Crippen LogP contribution >= 0.6 is 25.3 Å². The number of nitrogens with zero attached hydrogens (tertiary/aromatic N) is 2. The number of carbonyl (C=O) groups excluding carboxylic acids is 2. The number of carbonyl (C=O) groups is 2. The molecule has 2 aromatic carbocycles. The first-order valence-electron chi connectivity index (χ1n) is 7.14. The molecule has 0 aliphatic rings. The van der Waals surface area contributed by atoms with Gasteiger partial charge in [-0.3, -0.25) is 9.59 Å². The van der Waals surface area contributed by atoms with Gasteiger partial charge in [0, 0.05) is 16.2 Å². The minimum atomic E-state index is -0.395. The zero-order valence-corrected chi connectivity index (χ0v) is 14.0. The number of thiol groups is 2. The summed E-state index contributed by atoms with van der Waals surface area (Å²) >= 11 is 7.70. The van der Waals surface area contributed by atoms with Crippen LogP contribution in [0, 0.1) is 0 Å². The van der Waals surface area contributed by atoms with Gasteiger partial charge in [0.05, 0.1) is 11.0 Å². The van der Waals surface area contributed by atoms with Gasteiger partial charge in [-0.05, 0) is 17.5 Å². The summed E-state index contributed by atoms with van der Waals surface area (Å²) < 4.78 is 0. The number of hydrogen-bond donors (Lipinski definition) is 2. The summed E-state index contributed by atoms with van der Waals surface area (Å²) in [5.74, 6) is 0. The highest BCUT2D eigenvalue weighted by Gasteiger charge is 2.12.